The van der Waals surface area contributed by atoms with E-state index in [1.54, 1.807) is 36.5 Å². The number of aromatic amines is 1. The van der Waals surface area contributed by atoms with Gasteiger partial charge in [-0.2, -0.15) is 0 Å². The lowest BCUT2D eigenvalue weighted by Gasteiger charge is -2.06. The number of amides is 2. The van der Waals surface area contributed by atoms with Crippen LogP contribution in [-0.2, 0) is 4.79 Å². The zero-order valence-electron chi connectivity index (χ0n) is 10.4. The van der Waals surface area contributed by atoms with Crippen LogP contribution in [0.2, 0.25) is 0 Å². The number of nitrogen functional groups attached to an aromatic ring is 1. The molecule has 1 aromatic heterocycles. The summed E-state index contributed by atoms with van der Waals surface area (Å²) in [5, 5.41) is 5.36. The van der Waals surface area contributed by atoms with Crippen molar-refractivity contribution in [2.45, 2.75) is 6.92 Å². The summed E-state index contributed by atoms with van der Waals surface area (Å²) < 4.78 is 0. The minimum atomic E-state index is -0.274. The number of H-pyrrole nitrogens is 1. The summed E-state index contributed by atoms with van der Waals surface area (Å²) >= 11 is 0. The van der Waals surface area contributed by atoms with E-state index < -0.39 is 0 Å². The first kappa shape index (κ1) is 12.7. The minimum absolute atomic E-state index is 0.140. The van der Waals surface area contributed by atoms with Gasteiger partial charge in [0.1, 0.15) is 5.69 Å². The van der Waals surface area contributed by atoms with Crippen LogP contribution in [0.15, 0.2) is 36.5 Å². The van der Waals surface area contributed by atoms with Gasteiger partial charge in [0.05, 0.1) is 0 Å². The van der Waals surface area contributed by atoms with Crippen molar-refractivity contribution < 1.29 is 9.59 Å². The van der Waals surface area contributed by atoms with E-state index in [0.717, 1.165) is 0 Å². The fraction of sp³-hybridized carbons (Fsp3) is 0.0769. The molecule has 6 nitrogen and oxygen atoms in total. The van der Waals surface area contributed by atoms with Crippen LogP contribution in [0.4, 0.5) is 17.1 Å². The monoisotopic (exact) mass is 258 g/mol. The van der Waals surface area contributed by atoms with Crippen LogP contribution in [-0.4, -0.2) is 16.8 Å². The number of nitrogens with one attached hydrogen (secondary N) is 3. The molecule has 0 saturated heterocycles. The highest BCUT2D eigenvalue weighted by atomic mass is 16.2. The first-order valence-corrected chi connectivity index (χ1v) is 5.67. The Morgan fingerprint density at radius 3 is 2.16 bits per heavy atom. The van der Waals surface area contributed by atoms with Crippen LogP contribution in [0.3, 0.4) is 0 Å². The van der Waals surface area contributed by atoms with E-state index in [9.17, 15) is 9.59 Å². The summed E-state index contributed by atoms with van der Waals surface area (Å²) in [6, 6.07) is 8.38. The highest BCUT2D eigenvalue weighted by Gasteiger charge is 2.07. The van der Waals surface area contributed by atoms with Crippen molar-refractivity contribution >= 4 is 28.9 Å². The van der Waals surface area contributed by atoms with Crippen LogP contribution in [0, 0.1) is 0 Å². The topological polar surface area (TPSA) is 100 Å². The molecule has 2 rings (SSSR count). The van der Waals surface area contributed by atoms with Gasteiger partial charge in [0, 0.05) is 30.2 Å². The van der Waals surface area contributed by atoms with Gasteiger partial charge in [-0.3, -0.25) is 9.59 Å². The SMILES string of the molecule is CC(=O)Nc1ccc(NC(=O)c2cc(N)c[nH]2)cc1. The van der Waals surface area contributed by atoms with E-state index in [1.807, 2.05) is 0 Å². The maximum absolute atomic E-state index is 11.8. The number of hydrogen-bond donors (Lipinski definition) is 4. The summed E-state index contributed by atoms with van der Waals surface area (Å²) in [4.78, 5) is 25.5. The average Bonchev–Trinajstić information content (AvgIpc) is 2.78. The Labute approximate surface area is 110 Å². The summed E-state index contributed by atoms with van der Waals surface area (Å²) in [6.45, 7) is 1.44. The summed E-state index contributed by atoms with van der Waals surface area (Å²) in [7, 11) is 0. The third kappa shape index (κ3) is 3.35. The predicted molar refractivity (Wildman–Crippen MR) is 73.9 cm³/mol. The number of nitrogens with two attached hydrogens (primary N) is 1. The van der Waals surface area contributed by atoms with Gasteiger partial charge in [-0.05, 0) is 30.3 Å². The maximum atomic E-state index is 11.8. The van der Waals surface area contributed by atoms with Crippen LogP contribution in [0.25, 0.3) is 0 Å². The number of anilines is 3. The first-order chi connectivity index (χ1) is 9.04. The van der Waals surface area contributed by atoms with E-state index in [0.29, 0.717) is 22.8 Å². The summed E-state index contributed by atoms with van der Waals surface area (Å²) in [5.41, 5.74) is 7.73. The summed E-state index contributed by atoms with van der Waals surface area (Å²) in [6.07, 6.45) is 1.55. The first-order valence-electron chi connectivity index (χ1n) is 5.67. The lowest BCUT2D eigenvalue weighted by atomic mass is 10.2. The molecule has 98 valence electrons. The van der Waals surface area contributed by atoms with Crippen molar-refractivity contribution in [2.24, 2.45) is 0 Å². The molecular weight excluding hydrogens is 244 g/mol. The van der Waals surface area contributed by atoms with E-state index in [4.69, 9.17) is 5.73 Å². The van der Waals surface area contributed by atoms with Gasteiger partial charge in [0.15, 0.2) is 0 Å². The van der Waals surface area contributed by atoms with Crippen molar-refractivity contribution in [3.05, 3.63) is 42.2 Å². The molecule has 6 heteroatoms. The van der Waals surface area contributed by atoms with Gasteiger partial charge in [0.2, 0.25) is 5.91 Å². The van der Waals surface area contributed by atoms with E-state index in [1.165, 1.54) is 6.92 Å². The molecule has 0 unspecified atom stereocenters. The molecule has 0 spiro atoms. The van der Waals surface area contributed by atoms with Crippen molar-refractivity contribution in [3.63, 3.8) is 0 Å². The number of aromatic nitrogens is 1. The van der Waals surface area contributed by atoms with Crippen LogP contribution in [0.5, 0.6) is 0 Å². The van der Waals surface area contributed by atoms with E-state index >= 15 is 0 Å². The smallest absolute Gasteiger partial charge is 0.272 e. The van der Waals surface area contributed by atoms with E-state index in [2.05, 4.69) is 15.6 Å². The third-order valence-corrected chi connectivity index (χ3v) is 2.41. The van der Waals surface area contributed by atoms with Gasteiger partial charge < -0.3 is 21.4 Å². The van der Waals surface area contributed by atoms with Gasteiger partial charge in [-0.15, -0.1) is 0 Å². The predicted octanol–water partition coefficient (Wildman–Crippen LogP) is 1.81. The normalized spacial score (nSPS) is 9.95. The Balaban J connectivity index is 2.03. The second kappa shape index (κ2) is 5.26. The molecule has 0 bridgehead atoms. The lowest BCUT2D eigenvalue weighted by Crippen LogP contribution is -2.12. The second-order valence-electron chi connectivity index (χ2n) is 4.06. The molecule has 2 aromatic rings. The molecule has 0 aliphatic rings. The Hall–Kier alpha value is -2.76. The highest BCUT2D eigenvalue weighted by molar-refractivity contribution is 6.03. The Kier molecular flexibility index (Phi) is 3.51. The molecule has 5 N–H and O–H groups in total. The molecule has 0 radical (unpaired) electrons. The number of rotatable bonds is 3. The fourth-order valence-electron chi connectivity index (χ4n) is 1.58. The molecule has 0 fully saturated rings. The third-order valence-electron chi connectivity index (χ3n) is 2.41. The fourth-order valence-corrected chi connectivity index (χ4v) is 1.58. The van der Waals surface area contributed by atoms with Gasteiger partial charge in [-0.1, -0.05) is 0 Å². The van der Waals surface area contributed by atoms with Crippen molar-refractivity contribution in [1.29, 1.82) is 0 Å². The quantitative estimate of drug-likeness (QED) is 0.675. The standard InChI is InChI=1S/C13H14N4O2/c1-8(18)16-10-2-4-11(5-3-10)17-13(19)12-6-9(14)7-15-12/h2-7,15H,14H2,1H3,(H,16,18)(H,17,19). The molecule has 1 heterocycles. The Morgan fingerprint density at radius 2 is 1.68 bits per heavy atom. The van der Waals surface area contributed by atoms with Crippen LogP contribution < -0.4 is 16.4 Å². The van der Waals surface area contributed by atoms with Crippen molar-refractivity contribution in [3.8, 4) is 0 Å². The Morgan fingerprint density at radius 1 is 1.11 bits per heavy atom. The number of benzene rings is 1. The molecule has 0 aliphatic heterocycles. The molecular formula is C13H14N4O2. The van der Waals surface area contributed by atoms with Crippen molar-refractivity contribution in [2.75, 3.05) is 16.4 Å². The molecule has 19 heavy (non-hydrogen) atoms. The van der Waals surface area contributed by atoms with Gasteiger partial charge in [0.25, 0.3) is 5.91 Å². The number of hydrogen-bond acceptors (Lipinski definition) is 3. The molecule has 0 aliphatic carbocycles. The lowest BCUT2D eigenvalue weighted by molar-refractivity contribution is -0.114. The largest absolute Gasteiger partial charge is 0.397 e. The number of carbonyl (C=O) groups excluding carboxylic acids is 2. The van der Waals surface area contributed by atoms with Crippen LogP contribution in [0.1, 0.15) is 17.4 Å². The molecule has 2 amide bonds. The van der Waals surface area contributed by atoms with E-state index in [-0.39, 0.29) is 11.8 Å². The maximum Gasteiger partial charge on any atom is 0.272 e. The summed E-state index contributed by atoms with van der Waals surface area (Å²) in [5.74, 6) is -0.414. The zero-order valence-corrected chi connectivity index (χ0v) is 10.4. The molecule has 1 aromatic carbocycles. The highest BCUT2D eigenvalue weighted by Crippen LogP contribution is 2.15. The average molecular weight is 258 g/mol. The van der Waals surface area contributed by atoms with Gasteiger partial charge >= 0.3 is 0 Å². The zero-order chi connectivity index (χ0) is 13.8. The van der Waals surface area contributed by atoms with Crippen molar-refractivity contribution in [1.82, 2.24) is 4.98 Å². The molecule has 0 atom stereocenters. The van der Waals surface area contributed by atoms with Gasteiger partial charge in [-0.25, -0.2) is 0 Å². The van der Waals surface area contributed by atoms with Crippen LogP contribution >= 0.6 is 0 Å². The Bertz CT molecular complexity index is 601. The molecule has 0 saturated carbocycles. The second-order valence-corrected chi connectivity index (χ2v) is 4.06. The minimum Gasteiger partial charge on any atom is -0.397 e. The number of carbonyl (C=O) groups is 2.